The van der Waals surface area contributed by atoms with E-state index in [2.05, 4.69) is 10.3 Å². The van der Waals surface area contributed by atoms with Crippen LogP contribution in [0.1, 0.15) is 36.3 Å². The maximum absolute atomic E-state index is 12.6. The number of nitrogens with zero attached hydrogens (tertiary/aromatic N) is 2. The highest BCUT2D eigenvalue weighted by Crippen LogP contribution is 2.28. The molecule has 1 aromatic carbocycles. The summed E-state index contributed by atoms with van der Waals surface area (Å²) in [5.74, 6) is -0.112. The molecule has 2 aromatic rings. The van der Waals surface area contributed by atoms with Crippen molar-refractivity contribution in [2.24, 2.45) is 7.05 Å². The van der Waals surface area contributed by atoms with Crippen molar-refractivity contribution in [1.29, 1.82) is 0 Å². The number of ether oxygens (including phenoxy) is 2. The average Bonchev–Trinajstić information content (AvgIpc) is 3.03. The molecule has 3 atom stereocenters. The third-order valence-electron chi connectivity index (χ3n) is 4.39. The van der Waals surface area contributed by atoms with E-state index < -0.39 is 6.10 Å². The summed E-state index contributed by atoms with van der Waals surface area (Å²) in [6.45, 7) is 0.615. The van der Waals surface area contributed by atoms with Crippen LogP contribution in [0.4, 0.5) is 0 Å². The number of carbonyl (C=O) groups excluding carboxylic acids is 1. The van der Waals surface area contributed by atoms with Gasteiger partial charge in [0.25, 0.3) is 5.91 Å². The number of hydrogen-bond acceptors (Lipinski definition) is 4. The summed E-state index contributed by atoms with van der Waals surface area (Å²) >= 11 is 0. The van der Waals surface area contributed by atoms with E-state index in [-0.39, 0.29) is 18.1 Å². The van der Waals surface area contributed by atoms with Gasteiger partial charge in [0.05, 0.1) is 18.2 Å². The van der Waals surface area contributed by atoms with Crippen molar-refractivity contribution in [2.45, 2.75) is 31.1 Å². The molecule has 0 saturated carbocycles. The second-order valence-corrected chi connectivity index (χ2v) is 6.05. The van der Waals surface area contributed by atoms with E-state index in [1.165, 1.54) is 0 Å². The van der Waals surface area contributed by atoms with Gasteiger partial charge in [0, 0.05) is 26.8 Å². The van der Waals surface area contributed by atoms with Crippen LogP contribution < -0.4 is 5.32 Å². The zero-order chi connectivity index (χ0) is 16.9. The Labute approximate surface area is 141 Å². The fraction of sp³-hybridized carbons (Fsp3) is 0.444. The second-order valence-electron chi connectivity index (χ2n) is 6.05. The molecule has 1 aliphatic rings. The lowest BCUT2D eigenvalue weighted by Gasteiger charge is -2.31. The molecular formula is C18H23N3O3. The summed E-state index contributed by atoms with van der Waals surface area (Å²) in [5, 5.41) is 3.11. The fourth-order valence-electron chi connectivity index (χ4n) is 3.11. The summed E-state index contributed by atoms with van der Waals surface area (Å²) in [6.07, 6.45) is 4.47. The predicted octanol–water partition coefficient (Wildman–Crippen LogP) is 2.14. The first kappa shape index (κ1) is 16.7. The molecular weight excluding hydrogens is 306 g/mol. The molecule has 1 aliphatic heterocycles. The Morgan fingerprint density at radius 3 is 2.88 bits per heavy atom. The van der Waals surface area contributed by atoms with Gasteiger partial charge in [0.1, 0.15) is 6.10 Å². The van der Waals surface area contributed by atoms with Crippen LogP contribution >= 0.6 is 0 Å². The number of rotatable bonds is 5. The first-order valence-corrected chi connectivity index (χ1v) is 8.15. The number of methoxy groups -OCH3 is 1. The van der Waals surface area contributed by atoms with E-state index in [0.717, 1.165) is 24.1 Å². The van der Waals surface area contributed by atoms with Crippen molar-refractivity contribution in [3.63, 3.8) is 0 Å². The zero-order valence-electron chi connectivity index (χ0n) is 14.0. The highest BCUT2D eigenvalue weighted by molar-refractivity contribution is 5.82. The van der Waals surface area contributed by atoms with E-state index in [1.54, 1.807) is 13.4 Å². The summed E-state index contributed by atoms with van der Waals surface area (Å²) in [7, 11) is 3.50. The Morgan fingerprint density at radius 1 is 1.42 bits per heavy atom. The minimum Gasteiger partial charge on any atom is -0.372 e. The van der Waals surface area contributed by atoms with Gasteiger partial charge in [-0.15, -0.1) is 0 Å². The molecule has 2 heterocycles. The van der Waals surface area contributed by atoms with Crippen molar-refractivity contribution in [3.05, 3.63) is 54.1 Å². The number of imidazole rings is 1. The predicted molar refractivity (Wildman–Crippen MR) is 89.3 cm³/mol. The highest BCUT2D eigenvalue weighted by atomic mass is 16.5. The first-order valence-electron chi connectivity index (χ1n) is 8.15. The van der Waals surface area contributed by atoms with Crippen molar-refractivity contribution in [1.82, 2.24) is 14.9 Å². The Kier molecular flexibility index (Phi) is 5.27. The van der Waals surface area contributed by atoms with E-state index in [1.807, 2.05) is 48.1 Å². The molecule has 3 rings (SSSR count). The molecule has 0 unspecified atom stereocenters. The standard InChI is InChI=1S/C18H23N3O3/c1-21-12-19-11-15(21)16-10-14(8-9-24-16)20-18(22)17(23-2)13-6-4-3-5-7-13/h3-7,11-12,14,16-17H,8-10H2,1-2H3,(H,20,22)/t14-,16+,17+/m0/s1. The Hall–Kier alpha value is -2.18. The number of amides is 1. The maximum atomic E-state index is 12.6. The number of benzene rings is 1. The van der Waals surface area contributed by atoms with Gasteiger partial charge in [-0.2, -0.15) is 0 Å². The maximum Gasteiger partial charge on any atom is 0.253 e. The zero-order valence-corrected chi connectivity index (χ0v) is 14.0. The number of aromatic nitrogens is 2. The van der Waals surface area contributed by atoms with Crippen LogP contribution in [0.5, 0.6) is 0 Å². The van der Waals surface area contributed by atoms with Gasteiger partial charge >= 0.3 is 0 Å². The van der Waals surface area contributed by atoms with Gasteiger partial charge < -0.3 is 19.4 Å². The summed E-state index contributed by atoms with van der Waals surface area (Å²) in [4.78, 5) is 16.7. The van der Waals surface area contributed by atoms with Gasteiger partial charge in [0.15, 0.2) is 6.10 Å². The van der Waals surface area contributed by atoms with E-state index in [9.17, 15) is 4.79 Å². The molecule has 6 nitrogen and oxygen atoms in total. The van der Waals surface area contributed by atoms with E-state index in [0.29, 0.717) is 6.61 Å². The third kappa shape index (κ3) is 3.66. The molecule has 1 saturated heterocycles. The molecule has 0 radical (unpaired) electrons. The monoisotopic (exact) mass is 329 g/mol. The van der Waals surface area contributed by atoms with Gasteiger partial charge in [-0.05, 0) is 18.4 Å². The smallest absolute Gasteiger partial charge is 0.253 e. The van der Waals surface area contributed by atoms with Crippen LogP contribution in [0.3, 0.4) is 0 Å². The lowest BCUT2D eigenvalue weighted by Crippen LogP contribution is -2.42. The molecule has 128 valence electrons. The van der Waals surface area contributed by atoms with Gasteiger partial charge in [-0.25, -0.2) is 4.98 Å². The topological polar surface area (TPSA) is 65.4 Å². The fourth-order valence-corrected chi connectivity index (χ4v) is 3.11. The average molecular weight is 329 g/mol. The van der Waals surface area contributed by atoms with Gasteiger partial charge in [-0.3, -0.25) is 4.79 Å². The van der Waals surface area contributed by atoms with Crippen LogP contribution in [-0.4, -0.2) is 35.2 Å². The first-order chi connectivity index (χ1) is 11.7. The van der Waals surface area contributed by atoms with E-state index in [4.69, 9.17) is 9.47 Å². The largest absolute Gasteiger partial charge is 0.372 e. The number of carbonyl (C=O) groups is 1. The van der Waals surface area contributed by atoms with Gasteiger partial charge in [-0.1, -0.05) is 30.3 Å². The molecule has 0 aliphatic carbocycles. The molecule has 1 aromatic heterocycles. The molecule has 0 spiro atoms. The lowest BCUT2D eigenvalue weighted by molar-refractivity contribution is -0.133. The minimum absolute atomic E-state index is 0.0470. The summed E-state index contributed by atoms with van der Waals surface area (Å²) in [6, 6.07) is 9.59. The quantitative estimate of drug-likeness (QED) is 0.913. The van der Waals surface area contributed by atoms with E-state index >= 15 is 0 Å². The minimum atomic E-state index is -0.593. The van der Waals surface area contributed by atoms with Crippen LogP contribution in [0.15, 0.2) is 42.9 Å². The van der Waals surface area contributed by atoms with Crippen LogP contribution in [0.2, 0.25) is 0 Å². The molecule has 1 fully saturated rings. The van der Waals surface area contributed by atoms with Crippen LogP contribution in [-0.2, 0) is 21.3 Å². The molecule has 1 amide bonds. The van der Waals surface area contributed by atoms with Crippen LogP contribution in [0, 0.1) is 0 Å². The number of hydrogen-bond donors (Lipinski definition) is 1. The molecule has 1 N–H and O–H groups in total. The summed E-state index contributed by atoms with van der Waals surface area (Å²) in [5.41, 5.74) is 1.88. The van der Waals surface area contributed by atoms with Gasteiger partial charge in [0.2, 0.25) is 0 Å². The third-order valence-corrected chi connectivity index (χ3v) is 4.39. The lowest BCUT2D eigenvalue weighted by atomic mass is 10.00. The molecule has 0 bridgehead atoms. The second kappa shape index (κ2) is 7.59. The van der Waals surface area contributed by atoms with Crippen molar-refractivity contribution >= 4 is 5.91 Å². The van der Waals surface area contributed by atoms with Crippen LogP contribution in [0.25, 0.3) is 0 Å². The van der Waals surface area contributed by atoms with Crippen molar-refractivity contribution < 1.29 is 14.3 Å². The molecule has 6 heteroatoms. The number of nitrogens with one attached hydrogen (secondary N) is 1. The SMILES string of the molecule is CO[C@@H](C(=O)N[C@H]1CCO[C@@H](c2cncn2C)C1)c1ccccc1. The Balaban J connectivity index is 1.64. The highest BCUT2D eigenvalue weighted by Gasteiger charge is 2.29. The van der Waals surface area contributed by atoms with Crippen molar-refractivity contribution in [3.8, 4) is 0 Å². The Morgan fingerprint density at radius 2 is 2.21 bits per heavy atom. The summed E-state index contributed by atoms with van der Waals surface area (Å²) < 4.78 is 13.2. The van der Waals surface area contributed by atoms with Crippen molar-refractivity contribution in [2.75, 3.05) is 13.7 Å². The normalized spacial score (nSPS) is 22.1. The Bertz CT molecular complexity index is 671. The number of aryl methyl sites for hydroxylation is 1. The molecule has 24 heavy (non-hydrogen) atoms.